The fourth-order valence-electron chi connectivity index (χ4n) is 4.24. The first-order valence-corrected chi connectivity index (χ1v) is 11.6. The monoisotopic (exact) mass is 422 g/mol. The van der Waals surface area contributed by atoms with Crippen molar-refractivity contribution < 1.29 is 0 Å². The number of rotatable bonds is 3. The van der Waals surface area contributed by atoms with E-state index in [-0.39, 0.29) is 0 Å². The van der Waals surface area contributed by atoms with Gasteiger partial charge in [-0.25, -0.2) is 0 Å². The van der Waals surface area contributed by atoms with Gasteiger partial charge in [-0.3, -0.25) is 0 Å². The van der Waals surface area contributed by atoms with Gasteiger partial charge in [0, 0.05) is 21.1 Å². The maximum atomic E-state index is 4.69. The zero-order chi connectivity index (χ0) is 19.9. The third-order valence-corrected chi connectivity index (χ3v) is 7.44. The minimum absolute atomic E-state index is 0.294. The standard InChI is InChI=1S/C26H18N2S2/c1-3-7-17(8-4-1)19-11-14-23-20(15-19)16-24(29-23)22-13-12-21(18-9-5-2-6-10-18)25-26(22)28-30-27-25/h1-11,13-16,21H,12H2. The second kappa shape index (κ2) is 7.31. The molecule has 1 aliphatic rings. The Bertz CT molecular complexity index is 1360. The van der Waals surface area contributed by atoms with E-state index in [0.29, 0.717) is 5.92 Å². The average molecular weight is 423 g/mol. The van der Waals surface area contributed by atoms with E-state index >= 15 is 0 Å². The highest BCUT2D eigenvalue weighted by molar-refractivity contribution is 7.20. The Hall–Kier alpha value is -3.08. The van der Waals surface area contributed by atoms with Crippen molar-refractivity contribution in [3.8, 4) is 11.1 Å². The van der Waals surface area contributed by atoms with Crippen LogP contribution in [0.2, 0.25) is 0 Å². The molecule has 0 bridgehead atoms. The number of thiophene rings is 1. The Kier molecular flexibility index (Phi) is 4.33. The van der Waals surface area contributed by atoms with Crippen molar-refractivity contribution in [3.05, 3.63) is 113 Å². The first kappa shape index (κ1) is 17.8. The van der Waals surface area contributed by atoms with E-state index in [4.69, 9.17) is 8.75 Å². The summed E-state index contributed by atoms with van der Waals surface area (Å²) in [7, 11) is 0. The second-order valence-corrected chi connectivity index (χ2v) is 9.16. The summed E-state index contributed by atoms with van der Waals surface area (Å²) in [5.74, 6) is 0.294. The van der Waals surface area contributed by atoms with E-state index < -0.39 is 0 Å². The molecule has 0 amide bonds. The molecule has 0 fully saturated rings. The quantitative estimate of drug-likeness (QED) is 0.303. The van der Waals surface area contributed by atoms with Crippen LogP contribution >= 0.6 is 23.1 Å². The Labute approximate surface area is 183 Å². The highest BCUT2D eigenvalue weighted by Gasteiger charge is 2.28. The summed E-state index contributed by atoms with van der Waals surface area (Å²) in [6.07, 6.45) is 3.31. The molecule has 0 N–H and O–H groups in total. The average Bonchev–Trinajstić information content (AvgIpc) is 3.46. The fourth-order valence-corrected chi connectivity index (χ4v) is 5.94. The Morgan fingerprint density at radius 1 is 0.767 bits per heavy atom. The lowest BCUT2D eigenvalue weighted by atomic mass is 9.85. The SMILES string of the molecule is C1=C(c2cc3cc(-c4ccccc4)ccc3s2)c2nsnc2C(c2ccccc2)C1. The molecule has 6 rings (SSSR count). The zero-order valence-corrected chi connectivity index (χ0v) is 17.8. The van der Waals surface area contributed by atoms with Crippen molar-refractivity contribution in [1.29, 1.82) is 0 Å². The van der Waals surface area contributed by atoms with E-state index in [1.54, 1.807) is 0 Å². The Morgan fingerprint density at radius 3 is 2.40 bits per heavy atom. The van der Waals surface area contributed by atoms with Gasteiger partial charge in [0.25, 0.3) is 0 Å². The summed E-state index contributed by atoms with van der Waals surface area (Å²) in [6, 6.07) is 30.3. The molecule has 1 aliphatic carbocycles. The van der Waals surface area contributed by atoms with Crippen molar-refractivity contribution in [2.45, 2.75) is 12.3 Å². The van der Waals surface area contributed by atoms with E-state index in [1.165, 1.54) is 49.0 Å². The number of aromatic nitrogens is 2. The summed E-state index contributed by atoms with van der Waals surface area (Å²) < 4.78 is 10.7. The smallest absolute Gasteiger partial charge is 0.109 e. The van der Waals surface area contributed by atoms with Gasteiger partial charge < -0.3 is 0 Å². The minimum atomic E-state index is 0.294. The third kappa shape index (κ3) is 3.00. The van der Waals surface area contributed by atoms with Gasteiger partial charge >= 0.3 is 0 Å². The predicted octanol–water partition coefficient (Wildman–Crippen LogP) is 7.39. The highest BCUT2D eigenvalue weighted by atomic mass is 32.1. The summed E-state index contributed by atoms with van der Waals surface area (Å²) >= 11 is 3.16. The fraction of sp³-hybridized carbons (Fsp3) is 0.0769. The van der Waals surface area contributed by atoms with Crippen LogP contribution in [0.5, 0.6) is 0 Å². The first-order chi connectivity index (χ1) is 14.9. The molecular weight excluding hydrogens is 404 g/mol. The Morgan fingerprint density at radius 2 is 1.57 bits per heavy atom. The maximum absolute atomic E-state index is 4.69. The lowest BCUT2D eigenvalue weighted by Crippen LogP contribution is -2.08. The highest BCUT2D eigenvalue weighted by Crippen LogP contribution is 2.43. The molecule has 4 heteroatoms. The van der Waals surface area contributed by atoms with Crippen LogP contribution in [0.1, 0.15) is 34.2 Å². The summed E-state index contributed by atoms with van der Waals surface area (Å²) in [5.41, 5.74) is 7.21. The molecular formula is C26H18N2S2. The van der Waals surface area contributed by atoms with Gasteiger partial charge in [0.05, 0.1) is 17.4 Å². The maximum Gasteiger partial charge on any atom is 0.109 e. The van der Waals surface area contributed by atoms with Crippen LogP contribution in [0.25, 0.3) is 26.8 Å². The second-order valence-electron chi connectivity index (χ2n) is 7.54. The lowest BCUT2D eigenvalue weighted by Gasteiger charge is -2.20. The van der Waals surface area contributed by atoms with Gasteiger partial charge in [-0.2, -0.15) is 8.75 Å². The summed E-state index contributed by atoms with van der Waals surface area (Å²) in [5, 5.41) is 1.28. The predicted molar refractivity (Wildman–Crippen MR) is 127 cm³/mol. The number of fused-ring (bicyclic) bond motifs is 2. The molecule has 0 saturated carbocycles. The third-order valence-electron chi connectivity index (χ3n) is 5.75. The molecule has 0 aliphatic heterocycles. The molecule has 30 heavy (non-hydrogen) atoms. The van der Waals surface area contributed by atoms with Crippen LogP contribution in [-0.2, 0) is 0 Å². The van der Waals surface area contributed by atoms with Crippen molar-refractivity contribution in [3.63, 3.8) is 0 Å². The molecule has 5 aromatic rings. The summed E-state index contributed by atoms with van der Waals surface area (Å²) in [6.45, 7) is 0. The molecule has 1 unspecified atom stereocenters. The largest absolute Gasteiger partial charge is 0.177 e. The van der Waals surface area contributed by atoms with E-state index in [1.807, 2.05) is 11.3 Å². The van der Waals surface area contributed by atoms with Gasteiger partial charge in [-0.1, -0.05) is 72.8 Å². The lowest BCUT2D eigenvalue weighted by molar-refractivity contribution is 0.791. The number of benzene rings is 3. The van der Waals surface area contributed by atoms with Gasteiger partial charge in [-0.05, 0) is 46.7 Å². The molecule has 0 spiro atoms. The molecule has 2 nitrogen and oxygen atoms in total. The molecule has 1 atom stereocenters. The van der Waals surface area contributed by atoms with E-state index in [0.717, 1.165) is 17.8 Å². The number of allylic oxidation sites excluding steroid dienone is 1. The molecule has 0 saturated heterocycles. The number of nitrogens with zero attached hydrogens (tertiary/aromatic N) is 2. The van der Waals surface area contributed by atoms with Crippen LogP contribution in [-0.4, -0.2) is 8.75 Å². The molecule has 3 aromatic carbocycles. The van der Waals surface area contributed by atoms with Crippen LogP contribution < -0.4 is 0 Å². The van der Waals surface area contributed by atoms with E-state index in [9.17, 15) is 0 Å². The molecule has 2 aromatic heterocycles. The van der Waals surface area contributed by atoms with Crippen molar-refractivity contribution >= 4 is 38.7 Å². The van der Waals surface area contributed by atoms with Crippen molar-refractivity contribution in [2.24, 2.45) is 0 Å². The van der Waals surface area contributed by atoms with Gasteiger partial charge in [-0.15, -0.1) is 11.3 Å². The summed E-state index contributed by atoms with van der Waals surface area (Å²) in [4.78, 5) is 1.27. The minimum Gasteiger partial charge on any atom is -0.177 e. The molecule has 0 radical (unpaired) electrons. The Balaban J connectivity index is 1.40. The van der Waals surface area contributed by atoms with Crippen LogP contribution in [0, 0.1) is 0 Å². The van der Waals surface area contributed by atoms with Crippen molar-refractivity contribution in [1.82, 2.24) is 8.75 Å². The van der Waals surface area contributed by atoms with Gasteiger partial charge in [0.1, 0.15) is 5.69 Å². The van der Waals surface area contributed by atoms with Crippen LogP contribution in [0.4, 0.5) is 0 Å². The molecule has 2 heterocycles. The topological polar surface area (TPSA) is 25.8 Å². The number of hydrogen-bond acceptors (Lipinski definition) is 4. The normalized spacial score (nSPS) is 15.7. The van der Waals surface area contributed by atoms with Crippen LogP contribution in [0.3, 0.4) is 0 Å². The first-order valence-electron chi connectivity index (χ1n) is 10.0. The van der Waals surface area contributed by atoms with Crippen LogP contribution in [0.15, 0.2) is 91.0 Å². The zero-order valence-electron chi connectivity index (χ0n) is 16.2. The molecule has 144 valence electrons. The van der Waals surface area contributed by atoms with Crippen molar-refractivity contribution in [2.75, 3.05) is 0 Å². The van der Waals surface area contributed by atoms with E-state index in [2.05, 4.69) is 91.0 Å². The van der Waals surface area contributed by atoms with Gasteiger partial charge in [0.15, 0.2) is 0 Å². The van der Waals surface area contributed by atoms with Gasteiger partial charge in [0.2, 0.25) is 0 Å². The number of hydrogen-bond donors (Lipinski definition) is 0.